The van der Waals surface area contributed by atoms with E-state index in [1.165, 1.54) is 4.90 Å². The van der Waals surface area contributed by atoms with Crippen LogP contribution in [0.3, 0.4) is 0 Å². The molecular formula is C29H29N3O6. The van der Waals surface area contributed by atoms with Crippen molar-refractivity contribution in [1.82, 2.24) is 4.98 Å². The molecule has 5 rings (SSSR count). The zero-order valence-corrected chi connectivity index (χ0v) is 21.0. The maximum Gasteiger partial charge on any atom is 0.414 e. The zero-order valence-electron chi connectivity index (χ0n) is 21.0. The van der Waals surface area contributed by atoms with Gasteiger partial charge in [0.25, 0.3) is 0 Å². The third-order valence-electron chi connectivity index (χ3n) is 6.72. The molecule has 1 aliphatic heterocycles. The molecule has 1 fully saturated rings. The van der Waals surface area contributed by atoms with Gasteiger partial charge in [0, 0.05) is 47.2 Å². The Morgan fingerprint density at radius 3 is 2.76 bits per heavy atom. The Labute approximate surface area is 220 Å². The second kappa shape index (κ2) is 11.4. The van der Waals surface area contributed by atoms with Crippen molar-refractivity contribution in [3.8, 4) is 5.75 Å². The van der Waals surface area contributed by atoms with E-state index in [1.54, 1.807) is 25.2 Å². The molecule has 3 aromatic carbocycles. The molecule has 9 nitrogen and oxygen atoms in total. The van der Waals surface area contributed by atoms with E-state index in [1.807, 2.05) is 60.8 Å². The number of amides is 1. The third kappa shape index (κ3) is 5.78. The molecule has 0 spiro atoms. The van der Waals surface area contributed by atoms with Gasteiger partial charge in [0.1, 0.15) is 18.5 Å². The summed E-state index contributed by atoms with van der Waals surface area (Å²) in [5.41, 5.74) is 3.84. The molecule has 2 heterocycles. The first kappa shape index (κ1) is 25.3. The van der Waals surface area contributed by atoms with Gasteiger partial charge < -0.3 is 19.2 Å². The fourth-order valence-electron chi connectivity index (χ4n) is 4.69. The molecule has 0 bridgehead atoms. The predicted molar refractivity (Wildman–Crippen MR) is 143 cm³/mol. The van der Waals surface area contributed by atoms with Gasteiger partial charge in [-0.05, 0) is 41.0 Å². The Morgan fingerprint density at radius 2 is 2.00 bits per heavy atom. The van der Waals surface area contributed by atoms with Crippen LogP contribution in [-0.4, -0.2) is 48.9 Å². The van der Waals surface area contributed by atoms with Gasteiger partial charge in [-0.1, -0.05) is 42.5 Å². The largest absolute Gasteiger partial charge is 0.488 e. The lowest BCUT2D eigenvalue weighted by Gasteiger charge is -2.20. The van der Waals surface area contributed by atoms with E-state index in [4.69, 9.17) is 14.2 Å². The number of aromatic amines is 1. The summed E-state index contributed by atoms with van der Waals surface area (Å²) in [7, 11) is 1.62. The molecule has 0 saturated carbocycles. The number of nitrogens with one attached hydrogen (secondary N) is 1. The standard InChI is InChI=1S/C29H29N3O6/c1-31(29(33)37-18-20-6-3-2-4-7-20)22-9-5-8-21(14-22)27(17-32(34)35)26-16-30-28-15-23(10-11-25(26)28)38-24-12-13-36-19-24/h2-11,14-16,24,27,30H,12-13,17-19H2,1H3. The summed E-state index contributed by atoms with van der Waals surface area (Å²) in [5.74, 6) is 0.201. The second-order valence-corrected chi connectivity index (χ2v) is 9.32. The van der Waals surface area contributed by atoms with Crippen LogP contribution in [0, 0.1) is 10.1 Å². The molecule has 1 aromatic heterocycles. The quantitative estimate of drug-likeness (QED) is 0.232. The number of fused-ring (bicyclic) bond motifs is 1. The molecule has 2 unspecified atom stereocenters. The van der Waals surface area contributed by atoms with E-state index in [9.17, 15) is 14.9 Å². The minimum absolute atomic E-state index is 0.0308. The highest BCUT2D eigenvalue weighted by atomic mass is 16.6. The normalized spacial score (nSPS) is 15.8. The van der Waals surface area contributed by atoms with Crippen molar-refractivity contribution in [2.24, 2.45) is 0 Å². The molecule has 1 N–H and O–H groups in total. The average molecular weight is 516 g/mol. The van der Waals surface area contributed by atoms with Gasteiger partial charge in [0.05, 0.1) is 19.1 Å². The summed E-state index contributed by atoms with van der Waals surface area (Å²) in [4.78, 5) is 28.7. The van der Waals surface area contributed by atoms with Crippen molar-refractivity contribution < 1.29 is 23.9 Å². The van der Waals surface area contributed by atoms with Crippen LogP contribution in [0.5, 0.6) is 5.75 Å². The molecule has 4 aromatic rings. The van der Waals surface area contributed by atoms with Gasteiger partial charge in [0.2, 0.25) is 6.54 Å². The minimum atomic E-state index is -0.526. The van der Waals surface area contributed by atoms with Crippen LogP contribution in [0.4, 0.5) is 10.5 Å². The lowest BCUT2D eigenvalue weighted by molar-refractivity contribution is -0.481. The number of nitro groups is 1. The molecule has 196 valence electrons. The maximum absolute atomic E-state index is 12.7. The molecule has 0 aliphatic carbocycles. The Balaban J connectivity index is 1.37. The number of H-pyrrole nitrogens is 1. The smallest absolute Gasteiger partial charge is 0.414 e. The highest BCUT2D eigenvalue weighted by Gasteiger charge is 2.25. The van der Waals surface area contributed by atoms with Crippen LogP contribution in [0.15, 0.2) is 79.0 Å². The van der Waals surface area contributed by atoms with E-state index >= 15 is 0 Å². The topological polar surface area (TPSA) is 107 Å². The second-order valence-electron chi connectivity index (χ2n) is 9.32. The molecule has 2 atom stereocenters. The zero-order chi connectivity index (χ0) is 26.5. The number of rotatable bonds is 9. The van der Waals surface area contributed by atoms with E-state index in [0.29, 0.717) is 18.9 Å². The number of benzene rings is 3. The van der Waals surface area contributed by atoms with Crippen molar-refractivity contribution in [3.05, 3.63) is 106 Å². The van der Waals surface area contributed by atoms with Crippen molar-refractivity contribution in [1.29, 1.82) is 0 Å². The number of ether oxygens (including phenoxy) is 3. The van der Waals surface area contributed by atoms with E-state index in [-0.39, 0.29) is 24.2 Å². The van der Waals surface area contributed by atoms with Gasteiger partial charge in [0.15, 0.2) is 0 Å². The molecule has 0 radical (unpaired) electrons. The van der Waals surface area contributed by atoms with Gasteiger partial charge in [-0.3, -0.25) is 15.0 Å². The lowest BCUT2D eigenvalue weighted by Crippen LogP contribution is -2.27. The predicted octanol–water partition coefficient (Wildman–Crippen LogP) is 5.52. The van der Waals surface area contributed by atoms with Crippen molar-refractivity contribution in [3.63, 3.8) is 0 Å². The van der Waals surface area contributed by atoms with Crippen LogP contribution in [-0.2, 0) is 16.1 Å². The SMILES string of the molecule is CN(C(=O)OCc1ccccc1)c1cccc(C(C[N+](=O)[O-])c2c[nH]c3cc(OC4CCOC4)ccc23)c1. The first-order chi connectivity index (χ1) is 18.5. The van der Waals surface area contributed by atoms with Gasteiger partial charge in [-0.25, -0.2) is 4.79 Å². The van der Waals surface area contributed by atoms with Gasteiger partial charge in [-0.15, -0.1) is 0 Å². The fraction of sp³-hybridized carbons (Fsp3) is 0.276. The van der Waals surface area contributed by atoms with Crippen LogP contribution in [0.2, 0.25) is 0 Å². The van der Waals surface area contributed by atoms with Crippen LogP contribution < -0.4 is 9.64 Å². The molecule has 1 saturated heterocycles. The minimum Gasteiger partial charge on any atom is -0.488 e. The first-order valence-electron chi connectivity index (χ1n) is 12.5. The summed E-state index contributed by atoms with van der Waals surface area (Å²) in [6.45, 7) is 1.13. The van der Waals surface area contributed by atoms with Gasteiger partial charge in [-0.2, -0.15) is 0 Å². The Kier molecular flexibility index (Phi) is 7.55. The first-order valence-corrected chi connectivity index (χ1v) is 12.5. The van der Waals surface area contributed by atoms with Gasteiger partial charge >= 0.3 is 6.09 Å². The number of carbonyl (C=O) groups excluding carboxylic acids is 1. The van der Waals surface area contributed by atoms with Crippen LogP contribution in [0.1, 0.15) is 29.0 Å². The summed E-state index contributed by atoms with van der Waals surface area (Å²) in [5, 5.41) is 12.6. The van der Waals surface area contributed by atoms with Crippen molar-refractivity contribution in [2.75, 3.05) is 31.7 Å². The number of hydrogen-bond acceptors (Lipinski definition) is 6. The number of aromatic nitrogens is 1. The van der Waals surface area contributed by atoms with E-state index in [0.717, 1.165) is 39.8 Å². The number of anilines is 1. The highest BCUT2D eigenvalue weighted by Crippen LogP contribution is 2.34. The molecule has 1 aliphatic rings. The molecule has 9 heteroatoms. The summed E-state index contributed by atoms with van der Waals surface area (Å²) >= 11 is 0. The maximum atomic E-state index is 12.7. The summed E-state index contributed by atoms with van der Waals surface area (Å²) in [6.07, 6.45) is 2.18. The number of carbonyl (C=O) groups is 1. The van der Waals surface area contributed by atoms with Crippen molar-refractivity contribution >= 4 is 22.7 Å². The third-order valence-corrected chi connectivity index (χ3v) is 6.72. The summed E-state index contributed by atoms with van der Waals surface area (Å²) < 4.78 is 16.8. The van der Waals surface area contributed by atoms with E-state index < -0.39 is 12.0 Å². The molecule has 1 amide bonds. The number of hydrogen-bond donors (Lipinski definition) is 1. The molecular weight excluding hydrogens is 486 g/mol. The lowest BCUT2D eigenvalue weighted by atomic mass is 9.90. The number of nitrogens with zero attached hydrogens (tertiary/aromatic N) is 2. The fourth-order valence-corrected chi connectivity index (χ4v) is 4.69. The Bertz CT molecular complexity index is 1410. The molecule has 38 heavy (non-hydrogen) atoms. The Hall–Kier alpha value is -4.37. The van der Waals surface area contributed by atoms with Crippen LogP contribution in [0.25, 0.3) is 10.9 Å². The summed E-state index contributed by atoms with van der Waals surface area (Å²) in [6, 6.07) is 22.4. The average Bonchev–Trinajstić information content (AvgIpc) is 3.60. The Morgan fingerprint density at radius 1 is 1.16 bits per heavy atom. The van der Waals surface area contributed by atoms with E-state index in [2.05, 4.69) is 4.98 Å². The van der Waals surface area contributed by atoms with Crippen LogP contribution >= 0.6 is 0 Å². The van der Waals surface area contributed by atoms with Crippen molar-refractivity contribution in [2.45, 2.75) is 25.0 Å². The monoisotopic (exact) mass is 515 g/mol. The highest BCUT2D eigenvalue weighted by molar-refractivity contribution is 5.88.